The van der Waals surface area contributed by atoms with Crippen molar-refractivity contribution in [3.8, 4) is 22.8 Å². The van der Waals surface area contributed by atoms with Gasteiger partial charge >= 0.3 is 0 Å². The summed E-state index contributed by atoms with van der Waals surface area (Å²) in [6.07, 6.45) is 4.12. The summed E-state index contributed by atoms with van der Waals surface area (Å²) < 4.78 is 0. The van der Waals surface area contributed by atoms with Crippen LogP contribution in [0.2, 0.25) is 0 Å². The molecule has 2 aromatic heterocycles. The first-order valence-electron chi connectivity index (χ1n) is 9.82. The van der Waals surface area contributed by atoms with Gasteiger partial charge in [-0.05, 0) is 53.1 Å². The van der Waals surface area contributed by atoms with Gasteiger partial charge in [-0.2, -0.15) is 11.3 Å². The van der Waals surface area contributed by atoms with E-state index in [9.17, 15) is 15.0 Å². The molecule has 7 heteroatoms. The number of thiophene rings is 1. The van der Waals surface area contributed by atoms with Crippen molar-refractivity contribution in [2.75, 3.05) is 4.90 Å². The Morgan fingerprint density at radius 2 is 1.81 bits per heavy atom. The number of aromatic nitrogens is 2. The van der Waals surface area contributed by atoms with Crippen LogP contribution >= 0.6 is 11.3 Å². The topological polar surface area (TPSA) is 86.6 Å². The van der Waals surface area contributed by atoms with Crippen LogP contribution in [0.1, 0.15) is 28.5 Å². The van der Waals surface area contributed by atoms with Crippen molar-refractivity contribution in [2.24, 2.45) is 0 Å². The van der Waals surface area contributed by atoms with Gasteiger partial charge in [-0.1, -0.05) is 19.1 Å². The average Bonchev–Trinajstić information content (AvgIpc) is 3.30. The number of anilines is 1. The van der Waals surface area contributed by atoms with Gasteiger partial charge in [-0.25, -0.2) is 0 Å². The third-order valence-corrected chi connectivity index (χ3v) is 5.67. The summed E-state index contributed by atoms with van der Waals surface area (Å²) >= 11 is 1.56. The van der Waals surface area contributed by atoms with E-state index in [0.29, 0.717) is 12.2 Å². The van der Waals surface area contributed by atoms with Gasteiger partial charge in [0, 0.05) is 29.7 Å². The normalized spacial score (nSPS) is 10.7. The molecule has 0 unspecified atom stereocenters. The highest BCUT2D eigenvalue weighted by Crippen LogP contribution is 2.29. The summed E-state index contributed by atoms with van der Waals surface area (Å²) in [5.41, 5.74) is 4.46. The molecule has 0 saturated heterocycles. The first kappa shape index (κ1) is 20.6. The lowest BCUT2D eigenvalue weighted by Crippen LogP contribution is -2.30. The largest absolute Gasteiger partial charge is 0.508 e. The van der Waals surface area contributed by atoms with Crippen LogP contribution in [0.15, 0.2) is 71.7 Å². The van der Waals surface area contributed by atoms with E-state index < -0.39 is 0 Å². The number of rotatable bonds is 6. The number of carbonyl (C=O) groups excluding carboxylic acids is 1. The second kappa shape index (κ2) is 8.97. The SMILES string of the molecule is CCc1nccnc1-c1ccc(N(Cc2ccsc2)C(=O)c2ccc(O)cc2O)cc1. The van der Waals surface area contributed by atoms with Gasteiger partial charge in [0.1, 0.15) is 11.5 Å². The highest BCUT2D eigenvalue weighted by Gasteiger charge is 2.22. The molecule has 0 saturated carbocycles. The molecule has 1 amide bonds. The zero-order valence-corrected chi connectivity index (χ0v) is 17.7. The Hall–Kier alpha value is -3.71. The number of hydrogen-bond acceptors (Lipinski definition) is 6. The predicted octanol–water partition coefficient (Wildman–Crippen LogP) is 5.03. The van der Waals surface area contributed by atoms with E-state index in [1.807, 2.05) is 48.0 Å². The molecule has 0 aliphatic carbocycles. The van der Waals surface area contributed by atoms with E-state index in [-0.39, 0.29) is 23.0 Å². The average molecular weight is 432 g/mol. The summed E-state index contributed by atoms with van der Waals surface area (Å²) in [7, 11) is 0. The highest BCUT2D eigenvalue weighted by atomic mass is 32.1. The van der Waals surface area contributed by atoms with Gasteiger partial charge in [0.15, 0.2) is 0 Å². The quantitative estimate of drug-likeness (QED) is 0.447. The van der Waals surface area contributed by atoms with Crippen LogP contribution in [0, 0.1) is 0 Å². The van der Waals surface area contributed by atoms with E-state index in [4.69, 9.17) is 0 Å². The Kier molecular flexibility index (Phi) is 5.95. The number of phenols is 2. The molecular weight excluding hydrogens is 410 g/mol. The zero-order chi connectivity index (χ0) is 21.8. The van der Waals surface area contributed by atoms with Crippen LogP contribution in [0.5, 0.6) is 11.5 Å². The highest BCUT2D eigenvalue weighted by molar-refractivity contribution is 7.07. The van der Waals surface area contributed by atoms with Gasteiger partial charge in [-0.15, -0.1) is 0 Å². The Morgan fingerprint density at radius 3 is 2.48 bits per heavy atom. The summed E-state index contributed by atoms with van der Waals surface area (Å²) in [6.45, 7) is 2.39. The molecule has 4 aromatic rings. The Balaban J connectivity index is 1.71. The number of carbonyl (C=O) groups is 1. The number of benzene rings is 2. The van der Waals surface area contributed by atoms with Crippen LogP contribution in [0.25, 0.3) is 11.3 Å². The first-order valence-corrected chi connectivity index (χ1v) is 10.8. The lowest BCUT2D eigenvalue weighted by Gasteiger charge is -2.23. The van der Waals surface area contributed by atoms with Crippen molar-refractivity contribution in [1.82, 2.24) is 9.97 Å². The number of nitrogens with zero attached hydrogens (tertiary/aromatic N) is 3. The second-order valence-corrected chi connectivity index (χ2v) is 7.76. The number of aromatic hydroxyl groups is 2. The maximum absolute atomic E-state index is 13.3. The lowest BCUT2D eigenvalue weighted by atomic mass is 10.1. The molecule has 0 bridgehead atoms. The third-order valence-electron chi connectivity index (χ3n) is 4.94. The number of aryl methyl sites for hydroxylation is 1. The fourth-order valence-electron chi connectivity index (χ4n) is 3.36. The molecule has 2 aromatic carbocycles. The lowest BCUT2D eigenvalue weighted by molar-refractivity contribution is 0.0982. The van der Waals surface area contributed by atoms with E-state index in [1.165, 1.54) is 18.2 Å². The summed E-state index contributed by atoms with van der Waals surface area (Å²) in [5, 5.41) is 23.7. The third kappa shape index (κ3) is 4.41. The fourth-order valence-corrected chi connectivity index (χ4v) is 4.02. The standard InChI is InChI=1S/C24H21N3O3S/c1-2-21-23(26-11-10-25-21)17-3-5-18(6-4-17)27(14-16-9-12-31-15-16)24(30)20-8-7-19(28)13-22(20)29/h3-13,15,28-29H,2,14H2,1H3. The van der Waals surface area contributed by atoms with Crippen molar-refractivity contribution < 1.29 is 15.0 Å². The number of amides is 1. The van der Waals surface area contributed by atoms with Crippen molar-refractivity contribution in [1.29, 1.82) is 0 Å². The smallest absolute Gasteiger partial charge is 0.262 e. The Morgan fingerprint density at radius 1 is 1.03 bits per heavy atom. The van der Waals surface area contributed by atoms with Crippen molar-refractivity contribution in [2.45, 2.75) is 19.9 Å². The molecule has 31 heavy (non-hydrogen) atoms. The van der Waals surface area contributed by atoms with E-state index >= 15 is 0 Å². The molecule has 2 heterocycles. The van der Waals surface area contributed by atoms with Gasteiger partial charge < -0.3 is 15.1 Å². The van der Waals surface area contributed by atoms with Crippen LogP contribution < -0.4 is 4.90 Å². The minimum atomic E-state index is -0.356. The van der Waals surface area contributed by atoms with E-state index in [1.54, 1.807) is 28.6 Å². The molecule has 0 aliphatic rings. The fraction of sp³-hybridized carbons (Fsp3) is 0.125. The van der Waals surface area contributed by atoms with Crippen molar-refractivity contribution in [3.63, 3.8) is 0 Å². The predicted molar refractivity (Wildman–Crippen MR) is 121 cm³/mol. The molecule has 4 rings (SSSR count). The van der Waals surface area contributed by atoms with Gasteiger partial charge in [0.2, 0.25) is 0 Å². The van der Waals surface area contributed by atoms with Crippen LogP contribution in [-0.2, 0) is 13.0 Å². The molecule has 156 valence electrons. The molecule has 0 radical (unpaired) electrons. The van der Waals surface area contributed by atoms with E-state index in [2.05, 4.69) is 9.97 Å². The van der Waals surface area contributed by atoms with Crippen LogP contribution in [-0.4, -0.2) is 26.1 Å². The zero-order valence-electron chi connectivity index (χ0n) is 16.9. The number of phenolic OH excluding ortho intramolecular Hbond substituents is 2. The summed E-state index contributed by atoms with van der Waals surface area (Å²) in [4.78, 5) is 23.8. The molecule has 0 spiro atoms. The Bertz CT molecular complexity index is 1190. The minimum absolute atomic E-state index is 0.0986. The second-order valence-electron chi connectivity index (χ2n) is 6.98. The summed E-state index contributed by atoms with van der Waals surface area (Å²) in [6, 6.07) is 13.5. The van der Waals surface area contributed by atoms with Gasteiger partial charge in [0.05, 0.1) is 23.5 Å². The molecular formula is C24H21N3O3S. The summed E-state index contributed by atoms with van der Waals surface area (Å²) in [5.74, 6) is -0.715. The molecule has 0 fully saturated rings. The monoisotopic (exact) mass is 431 g/mol. The molecule has 2 N–H and O–H groups in total. The molecule has 6 nitrogen and oxygen atoms in total. The Labute approximate surface area is 184 Å². The minimum Gasteiger partial charge on any atom is -0.508 e. The van der Waals surface area contributed by atoms with Gasteiger partial charge in [0.25, 0.3) is 5.91 Å². The van der Waals surface area contributed by atoms with Crippen molar-refractivity contribution >= 4 is 22.9 Å². The van der Waals surface area contributed by atoms with Crippen LogP contribution in [0.4, 0.5) is 5.69 Å². The maximum atomic E-state index is 13.3. The maximum Gasteiger partial charge on any atom is 0.262 e. The van der Waals surface area contributed by atoms with Crippen LogP contribution in [0.3, 0.4) is 0 Å². The number of hydrogen-bond donors (Lipinski definition) is 2. The van der Waals surface area contributed by atoms with E-state index in [0.717, 1.165) is 28.9 Å². The van der Waals surface area contributed by atoms with Crippen molar-refractivity contribution in [3.05, 3.63) is 88.5 Å². The molecule has 0 aliphatic heterocycles. The molecule has 0 atom stereocenters. The first-order chi connectivity index (χ1) is 15.1. The van der Waals surface area contributed by atoms with Gasteiger partial charge in [-0.3, -0.25) is 14.8 Å².